The monoisotopic (exact) mass is 439 g/mol. The maximum absolute atomic E-state index is 12.8. The van der Waals surface area contributed by atoms with Gasteiger partial charge in [-0.05, 0) is 61.6 Å². The van der Waals surface area contributed by atoms with Crippen molar-refractivity contribution in [1.82, 2.24) is 14.2 Å². The van der Waals surface area contributed by atoms with Gasteiger partial charge in [-0.1, -0.05) is 31.2 Å². The molecular formula is C24H29N3O3S. The van der Waals surface area contributed by atoms with Crippen molar-refractivity contribution in [2.45, 2.75) is 50.6 Å². The third-order valence-electron chi connectivity index (χ3n) is 6.09. The van der Waals surface area contributed by atoms with Gasteiger partial charge in [-0.2, -0.15) is 4.31 Å². The molecule has 1 saturated heterocycles. The number of hydrogen-bond acceptors (Lipinski definition) is 3. The summed E-state index contributed by atoms with van der Waals surface area (Å²) < 4.78 is 29.1. The molecule has 1 atom stereocenters. The van der Waals surface area contributed by atoms with E-state index in [0.717, 1.165) is 35.7 Å². The van der Waals surface area contributed by atoms with Gasteiger partial charge in [-0.15, -0.1) is 0 Å². The molecule has 0 aliphatic carbocycles. The Bertz CT molecular complexity index is 1180. The summed E-state index contributed by atoms with van der Waals surface area (Å²) in [5.74, 6) is -0.0779. The van der Waals surface area contributed by atoms with Crippen LogP contribution in [0.5, 0.6) is 0 Å². The van der Waals surface area contributed by atoms with Gasteiger partial charge in [0.25, 0.3) is 0 Å². The van der Waals surface area contributed by atoms with Crippen molar-refractivity contribution in [1.29, 1.82) is 0 Å². The number of carbonyl (C=O) groups excluding carboxylic acids is 1. The maximum atomic E-state index is 12.8. The topological polar surface area (TPSA) is 71.4 Å². The molecule has 4 rings (SSSR count). The third kappa shape index (κ3) is 4.38. The fourth-order valence-electron chi connectivity index (χ4n) is 4.07. The van der Waals surface area contributed by atoms with Crippen molar-refractivity contribution in [3.8, 4) is 0 Å². The lowest BCUT2D eigenvalue weighted by Crippen LogP contribution is -2.30. The average Bonchev–Trinajstić information content (AvgIpc) is 3.47. The zero-order valence-electron chi connectivity index (χ0n) is 18.0. The Balaban J connectivity index is 1.48. The highest BCUT2D eigenvalue weighted by Crippen LogP contribution is 2.27. The maximum Gasteiger partial charge on any atom is 0.243 e. The van der Waals surface area contributed by atoms with Crippen LogP contribution in [-0.2, 0) is 27.8 Å². The van der Waals surface area contributed by atoms with Gasteiger partial charge in [0.15, 0.2) is 0 Å². The lowest BCUT2D eigenvalue weighted by atomic mass is 10.1. The van der Waals surface area contributed by atoms with Gasteiger partial charge in [0.2, 0.25) is 15.9 Å². The van der Waals surface area contributed by atoms with Crippen LogP contribution < -0.4 is 5.32 Å². The number of aryl methyl sites for hydroxylation is 1. The first-order chi connectivity index (χ1) is 14.9. The Hall–Kier alpha value is -2.64. The summed E-state index contributed by atoms with van der Waals surface area (Å²) in [7, 11) is -3.46. The summed E-state index contributed by atoms with van der Waals surface area (Å²) in [6, 6.07) is 14.8. The van der Waals surface area contributed by atoms with Gasteiger partial charge in [-0.3, -0.25) is 4.79 Å². The van der Waals surface area contributed by atoms with Crippen molar-refractivity contribution in [3.63, 3.8) is 0 Å². The van der Waals surface area contributed by atoms with E-state index in [4.69, 9.17) is 0 Å². The zero-order valence-corrected chi connectivity index (χ0v) is 18.9. The molecule has 0 radical (unpaired) electrons. The van der Waals surface area contributed by atoms with Crippen LogP contribution in [0.1, 0.15) is 43.9 Å². The summed E-state index contributed by atoms with van der Waals surface area (Å²) >= 11 is 0. The van der Waals surface area contributed by atoms with E-state index in [9.17, 15) is 13.2 Å². The third-order valence-corrected chi connectivity index (χ3v) is 7.98. The molecule has 164 valence electrons. The first kappa shape index (κ1) is 21.6. The second kappa shape index (κ2) is 8.85. The Morgan fingerprint density at radius 3 is 2.39 bits per heavy atom. The smallest absolute Gasteiger partial charge is 0.243 e. The molecular weight excluding hydrogens is 410 g/mol. The first-order valence-electron chi connectivity index (χ1n) is 10.9. The molecule has 0 saturated carbocycles. The summed E-state index contributed by atoms with van der Waals surface area (Å²) in [6.45, 7) is 5.61. The van der Waals surface area contributed by atoms with Crippen molar-refractivity contribution >= 4 is 26.8 Å². The molecule has 7 heteroatoms. The number of sulfonamides is 1. The molecule has 2 aromatic carbocycles. The van der Waals surface area contributed by atoms with Crippen LogP contribution in [0.3, 0.4) is 0 Å². The van der Waals surface area contributed by atoms with Gasteiger partial charge < -0.3 is 9.88 Å². The first-order valence-corrected chi connectivity index (χ1v) is 12.3. The SMILES string of the molecule is CCc1ccc(CNC(=O)[C@@H](C)n2ccc3cc(S(=O)(=O)N4CCCC4)ccc32)cc1. The second-order valence-corrected chi connectivity index (χ2v) is 10.1. The van der Waals surface area contributed by atoms with E-state index in [1.54, 1.807) is 22.5 Å². The molecule has 1 fully saturated rings. The number of nitrogens with one attached hydrogen (secondary N) is 1. The summed E-state index contributed by atoms with van der Waals surface area (Å²) in [4.78, 5) is 13.1. The van der Waals surface area contributed by atoms with Gasteiger partial charge in [0.05, 0.1) is 4.90 Å². The minimum atomic E-state index is -3.46. The number of carbonyl (C=O) groups is 1. The van der Waals surface area contributed by atoms with Gasteiger partial charge in [0.1, 0.15) is 6.04 Å². The molecule has 1 aromatic heterocycles. The minimum absolute atomic E-state index is 0.0779. The predicted octanol–water partition coefficient (Wildman–Crippen LogP) is 3.87. The van der Waals surface area contributed by atoms with Crippen LogP contribution in [0.25, 0.3) is 10.9 Å². The number of benzene rings is 2. The Labute approximate surface area is 183 Å². The van der Waals surface area contributed by atoms with Gasteiger partial charge in [0, 0.05) is 36.7 Å². The normalized spacial score (nSPS) is 15.9. The molecule has 1 aliphatic rings. The van der Waals surface area contributed by atoms with Crippen LogP contribution in [0, 0.1) is 0 Å². The highest BCUT2D eigenvalue weighted by molar-refractivity contribution is 7.89. The lowest BCUT2D eigenvalue weighted by molar-refractivity contribution is -0.123. The van der Waals surface area contributed by atoms with Gasteiger partial charge >= 0.3 is 0 Å². The standard InChI is InChI=1S/C24H29N3O3S/c1-3-19-6-8-20(9-7-19)17-25-24(28)18(2)27-15-12-21-16-22(10-11-23(21)27)31(29,30)26-13-4-5-14-26/h6-12,15-16,18H,3-5,13-14,17H2,1-2H3,(H,25,28)/t18-/m1/s1. The van der Waals surface area contributed by atoms with Crippen LogP contribution in [0.4, 0.5) is 0 Å². The molecule has 3 aromatic rings. The molecule has 1 amide bonds. The van der Waals surface area contributed by atoms with Crippen LogP contribution >= 0.6 is 0 Å². The van der Waals surface area contributed by atoms with E-state index in [-0.39, 0.29) is 5.91 Å². The van der Waals surface area contributed by atoms with E-state index in [0.29, 0.717) is 24.5 Å². The number of fused-ring (bicyclic) bond motifs is 1. The number of hydrogen-bond donors (Lipinski definition) is 1. The lowest BCUT2D eigenvalue weighted by Gasteiger charge is -2.17. The van der Waals surface area contributed by atoms with E-state index >= 15 is 0 Å². The Kier molecular flexibility index (Phi) is 6.16. The van der Waals surface area contributed by atoms with Crippen LogP contribution in [0.15, 0.2) is 59.6 Å². The Morgan fingerprint density at radius 1 is 1.03 bits per heavy atom. The van der Waals surface area contributed by atoms with E-state index < -0.39 is 16.1 Å². The number of aromatic nitrogens is 1. The van der Waals surface area contributed by atoms with Crippen LogP contribution in [0.2, 0.25) is 0 Å². The highest BCUT2D eigenvalue weighted by Gasteiger charge is 2.27. The Morgan fingerprint density at radius 2 is 1.71 bits per heavy atom. The average molecular weight is 440 g/mol. The van der Waals surface area contributed by atoms with Crippen LogP contribution in [-0.4, -0.2) is 36.3 Å². The van der Waals surface area contributed by atoms with E-state index in [1.165, 1.54) is 5.56 Å². The van der Waals surface area contributed by atoms with Crippen molar-refractivity contribution < 1.29 is 13.2 Å². The zero-order chi connectivity index (χ0) is 22.0. The summed E-state index contributed by atoms with van der Waals surface area (Å²) in [6.07, 6.45) is 4.66. The largest absolute Gasteiger partial charge is 0.350 e. The molecule has 6 nitrogen and oxygen atoms in total. The molecule has 0 bridgehead atoms. The van der Waals surface area contributed by atoms with E-state index in [2.05, 4.69) is 24.4 Å². The fraction of sp³-hybridized carbons (Fsp3) is 0.375. The van der Waals surface area contributed by atoms with Crippen molar-refractivity contribution in [3.05, 3.63) is 65.9 Å². The second-order valence-electron chi connectivity index (χ2n) is 8.12. The number of amides is 1. The van der Waals surface area contributed by atoms with Gasteiger partial charge in [-0.25, -0.2) is 8.42 Å². The van der Waals surface area contributed by atoms with Crippen molar-refractivity contribution in [2.24, 2.45) is 0 Å². The molecule has 31 heavy (non-hydrogen) atoms. The molecule has 0 spiro atoms. The molecule has 0 unspecified atom stereocenters. The highest BCUT2D eigenvalue weighted by atomic mass is 32.2. The number of nitrogens with zero attached hydrogens (tertiary/aromatic N) is 2. The predicted molar refractivity (Wildman–Crippen MR) is 122 cm³/mol. The summed E-state index contributed by atoms with van der Waals surface area (Å²) in [5, 5.41) is 3.81. The number of rotatable bonds is 7. The van der Waals surface area contributed by atoms with Crippen molar-refractivity contribution in [2.75, 3.05) is 13.1 Å². The van der Waals surface area contributed by atoms with E-state index in [1.807, 2.05) is 35.9 Å². The quantitative estimate of drug-likeness (QED) is 0.608. The molecule has 1 N–H and O–H groups in total. The molecule has 2 heterocycles. The minimum Gasteiger partial charge on any atom is -0.350 e. The fourth-order valence-corrected chi connectivity index (χ4v) is 5.63. The summed E-state index contributed by atoms with van der Waals surface area (Å²) in [5.41, 5.74) is 3.18. The molecule has 1 aliphatic heterocycles.